The molecular weight excluding hydrogens is 288 g/mol. The number of hydrogen-bond donors (Lipinski definition) is 2. The fourth-order valence-electron chi connectivity index (χ4n) is 2.71. The molecule has 0 saturated heterocycles. The summed E-state index contributed by atoms with van der Waals surface area (Å²) in [5.41, 5.74) is 0.796. The Labute approximate surface area is 125 Å². The molecule has 7 heteroatoms. The van der Waals surface area contributed by atoms with Crippen LogP contribution in [-0.2, 0) is 4.79 Å². The van der Waals surface area contributed by atoms with Crippen LogP contribution in [-0.4, -0.2) is 46.8 Å². The summed E-state index contributed by atoms with van der Waals surface area (Å²) in [5.74, 6) is -2.43. The highest BCUT2D eigenvalue weighted by molar-refractivity contribution is 6.21. The van der Waals surface area contributed by atoms with Gasteiger partial charge < -0.3 is 10.4 Å². The van der Waals surface area contributed by atoms with Crippen LogP contribution in [0.15, 0.2) is 18.2 Å². The third-order valence-corrected chi connectivity index (χ3v) is 4.17. The van der Waals surface area contributed by atoms with E-state index in [4.69, 9.17) is 5.11 Å². The van der Waals surface area contributed by atoms with E-state index < -0.39 is 17.8 Å². The molecule has 114 valence electrons. The second-order valence-corrected chi connectivity index (χ2v) is 5.61. The first kappa shape index (κ1) is 14.2. The minimum absolute atomic E-state index is 0.165. The van der Waals surface area contributed by atoms with Crippen molar-refractivity contribution in [3.8, 4) is 0 Å². The van der Waals surface area contributed by atoms with Gasteiger partial charge in [-0.15, -0.1) is 0 Å². The van der Waals surface area contributed by atoms with Gasteiger partial charge in [-0.1, -0.05) is 0 Å². The van der Waals surface area contributed by atoms with E-state index in [0.717, 1.165) is 4.90 Å². The number of imide groups is 1. The maximum atomic E-state index is 12.1. The lowest BCUT2D eigenvalue weighted by atomic mass is 9.80. The fraction of sp³-hybridized carbons (Fsp3) is 0.333. The molecule has 7 nitrogen and oxygen atoms in total. The molecule has 0 spiro atoms. The first-order valence-corrected chi connectivity index (χ1v) is 6.88. The van der Waals surface area contributed by atoms with Crippen molar-refractivity contribution >= 4 is 23.7 Å². The number of rotatable bonds is 3. The standard InChI is InChI=1S/C15H14N2O5/c1-17-13(19)10-3-2-7(6-11(10)14(17)20)12(18)16-9-4-8(5-9)15(21)22/h2-3,6,8-9H,4-5H2,1H3,(H,16,18)(H,21,22). The summed E-state index contributed by atoms with van der Waals surface area (Å²) in [4.78, 5) is 47.5. The third-order valence-electron chi connectivity index (χ3n) is 4.17. The maximum absolute atomic E-state index is 12.1. The highest BCUT2D eigenvalue weighted by Crippen LogP contribution is 2.28. The van der Waals surface area contributed by atoms with Crippen molar-refractivity contribution in [2.75, 3.05) is 7.05 Å². The van der Waals surface area contributed by atoms with Crippen LogP contribution in [0.3, 0.4) is 0 Å². The molecule has 1 aromatic rings. The van der Waals surface area contributed by atoms with Crippen molar-refractivity contribution in [2.24, 2.45) is 5.92 Å². The van der Waals surface area contributed by atoms with Crippen molar-refractivity contribution in [3.05, 3.63) is 34.9 Å². The Balaban J connectivity index is 1.72. The summed E-state index contributed by atoms with van der Waals surface area (Å²) in [6, 6.07) is 4.20. The summed E-state index contributed by atoms with van der Waals surface area (Å²) in [7, 11) is 1.39. The number of nitrogens with zero attached hydrogens (tertiary/aromatic N) is 1. The lowest BCUT2D eigenvalue weighted by Gasteiger charge is -2.32. The number of amides is 3. The number of benzene rings is 1. The lowest BCUT2D eigenvalue weighted by molar-refractivity contribution is -0.145. The molecule has 0 bridgehead atoms. The van der Waals surface area contributed by atoms with E-state index in [0.29, 0.717) is 18.4 Å². The largest absolute Gasteiger partial charge is 0.481 e. The van der Waals surface area contributed by atoms with Crippen molar-refractivity contribution in [2.45, 2.75) is 18.9 Å². The quantitative estimate of drug-likeness (QED) is 0.792. The van der Waals surface area contributed by atoms with Crippen molar-refractivity contribution in [1.82, 2.24) is 10.2 Å². The van der Waals surface area contributed by atoms with Crippen LogP contribution in [0, 0.1) is 5.92 Å². The maximum Gasteiger partial charge on any atom is 0.306 e. The predicted octanol–water partition coefficient (Wildman–Crippen LogP) is 0.505. The molecule has 22 heavy (non-hydrogen) atoms. The minimum atomic E-state index is -0.852. The van der Waals surface area contributed by atoms with E-state index in [9.17, 15) is 19.2 Å². The van der Waals surface area contributed by atoms with E-state index in [1.165, 1.54) is 25.2 Å². The normalized spacial score (nSPS) is 23.0. The summed E-state index contributed by atoms with van der Waals surface area (Å²) >= 11 is 0. The van der Waals surface area contributed by atoms with Crippen LogP contribution >= 0.6 is 0 Å². The molecule has 1 fully saturated rings. The number of hydrogen-bond acceptors (Lipinski definition) is 4. The molecule has 0 radical (unpaired) electrons. The van der Waals surface area contributed by atoms with Crippen LogP contribution in [0.1, 0.15) is 43.9 Å². The molecule has 2 aliphatic rings. The molecule has 1 aliphatic heterocycles. The molecule has 0 unspecified atom stereocenters. The van der Waals surface area contributed by atoms with Gasteiger partial charge in [-0.3, -0.25) is 24.1 Å². The Bertz CT molecular complexity index is 706. The van der Waals surface area contributed by atoms with Gasteiger partial charge >= 0.3 is 5.97 Å². The molecule has 3 amide bonds. The average Bonchev–Trinajstić information content (AvgIpc) is 2.66. The highest BCUT2D eigenvalue weighted by atomic mass is 16.4. The Morgan fingerprint density at radius 3 is 2.45 bits per heavy atom. The van der Waals surface area contributed by atoms with Gasteiger partial charge in [-0.25, -0.2) is 0 Å². The minimum Gasteiger partial charge on any atom is -0.481 e. The van der Waals surface area contributed by atoms with E-state index in [1.807, 2.05) is 0 Å². The first-order chi connectivity index (χ1) is 10.4. The monoisotopic (exact) mass is 302 g/mol. The van der Waals surface area contributed by atoms with Crippen LogP contribution in [0.5, 0.6) is 0 Å². The predicted molar refractivity (Wildman–Crippen MR) is 74.5 cm³/mol. The number of aliphatic carboxylic acids is 1. The summed E-state index contributed by atoms with van der Waals surface area (Å²) in [6.45, 7) is 0. The summed E-state index contributed by atoms with van der Waals surface area (Å²) in [6.07, 6.45) is 0.818. The van der Waals surface area contributed by atoms with Gasteiger partial charge in [0.25, 0.3) is 17.7 Å². The highest BCUT2D eigenvalue weighted by Gasteiger charge is 2.36. The molecule has 1 heterocycles. The zero-order chi connectivity index (χ0) is 16.0. The third kappa shape index (κ3) is 2.14. The van der Waals surface area contributed by atoms with E-state index in [1.54, 1.807) is 0 Å². The van der Waals surface area contributed by atoms with Gasteiger partial charge in [0.2, 0.25) is 0 Å². The number of fused-ring (bicyclic) bond motifs is 1. The first-order valence-electron chi connectivity index (χ1n) is 6.88. The van der Waals surface area contributed by atoms with Crippen molar-refractivity contribution in [1.29, 1.82) is 0 Å². The fourth-order valence-corrected chi connectivity index (χ4v) is 2.71. The number of carbonyl (C=O) groups excluding carboxylic acids is 3. The second-order valence-electron chi connectivity index (χ2n) is 5.61. The Morgan fingerprint density at radius 2 is 1.82 bits per heavy atom. The Morgan fingerprint density at radius 1 is 1.18 bits per heavy atom. The SMILES string of the molecule is CN1C(=O)c2ccc(C(=O)NC3CC(C(=O)O)C3)cc2C1=O. The zero-order valence-electron chi connectivity index (χ0n) is 11.8. The topological polar surface area (TPSA) is 104 Å². The second kappa shape index (κ2) is 4.94. The molecule has 1 aliphatic carbocycles. The molecule has 2 N–H and O–H groups in total. The molecule has 0 atom stereocenters. The molecule has 1 aromatic carbocycles. The average molecular weight is 302 g/mol. The van der Waals surface area contributed by atoms with Crippen molar-refractivity contribution < 1.29 is 24.3 Å². The van der Waals surface area contributed by atoms with Gasteiger partial charge in [0.1, 0.15) is 0 Å². The number of nitrogens with one attached hydrogen (secondary N) is 1. The van der Waals surface area contributed by atoms with Crippen LogP contribution in [0.25, 0.3) is 0 Å². The lowest BCUT2D eigenvalue weighted by Crippen LogP contribution is -2.46. The van der Waals surface area contributed by atoms with Crippen molar-refractivity contribution in [3.63, 3.8) is 0 Å². The zero-order valence-corrected chi connectivity index (χ0v) is 11.8. The van der Waals surface area contributed by atoms with Gasteiger partial charge in [0, 0.05) is 18.7 Å². The molecular formula is C15H14N2O5. The van der Waals surface area contributed by atoms with Crippen LogP contribution < -0.4 is 5.32 Å². The summed E-state index contributed by atoms with van der Waals surface area (Å²) in [5, 5.41) is 11.5. The molecule has 1 saturated carbocycles. The number of carbonyl (C=O) groups is 4. The van der Waals surface area contributed by atoms with E-state index in [-0.39, 0.29) is 29.0 Å². The number of carboxylic acids is 1. The van der Waals surface area contributed by atoms with E-state index in [2.05, 4.69) is 5.32 Å². The molecule has 3 rings (SSSR count). The van der Waals surface area contributed by atoms with Gasteiger partial charge in [0.05, 0.1) is 17.0 Å². The summed E-state index contributed by atoms with van der Waals surface area (Å²) < 4.78 is 0. The number of carboxylic acid groups (broad SMARTS) is 1. The van der Waals surface area contributed by atoms with Gasteiger partial charge in [-0.2, -0.15) is 0 Å². The Kier molecular flexibility index (Phi) is 3.20. The smallest absolute Gasteiger partial charge is 0.306 e. The van der Waals surface area contributed by atoms with Gasteiger partial charge in [0.15, 0.2) is 0 Å². The van der Waals surface area contributed by atoms with Gasteiger partial charge in [-0.05, 0) is 31.0 Å². The Hall–Kier alpha value is -2.70. The van der Waals surface area contributed by atoms with Crippen LogP contribution in [0.4, 0.5) is 0 Å². The molecule has 0 aromatic heterocycles. The van der Waals surface area contributed by atoms with Crippen LogP contribution in [0.2, 0.25) is 0 Å². The van der Waals surface area contributed by atoms with E-state index >= 15 is 0 Å².